The maximum absolute atomic E-state index is 10.9. The lowest BCUT2D eigenvalue weighted by Crippen LogP contribution is -2.04. The van der Waals surface area contributed by atoms with Gasteiger partial charge in [0.15, 0.2) is 10.9 Å². The molecule has 70 valence electrons. The third-order valence-electron chi connectivity index (χ3n) is 1.21. The lowest BCUT2D eigenvalue weighted by atomic mass is 10.4. The SMILES string of the molecule is CC(=O)Nc1nc(O)c(C(C)=O)s1. The minimum atomic E-state index is -0.332. The number of hydrogen-bond acceptors (Lipinski definition) is 5. The van der Waals surface area contributed by atoms with E-state index in [2.05, 4.69) is 10.3 Å². The van der Waals surface area contributed by atoms with E-state index in [-0.39, 0.29) is 27.6 Å². The van der Waals surface area contributed by atoms with Crippen LogP contribution in [0.5, 0.6) is 5.88 Å². The van der Waals surface area contributed by atoms with Crippen molar-refractivity contribution >= 4 is 28.2 Å². The predicted molar refractivity (Wildman–Crippen MR) is 48.1 cm³/mol. The van der Waals surface area contributed by atoms with Crippen LogP contribution in [0.4, 0.5) is 5.13 Å². The van der Waals surface area contributed by atoms with Crippen molar-refractivity contribution in [2.75, 3.05) is 5.32 Å². The molecule has 1 aromatic rings. The second-order valence-electron chi connectivity index (χ2n) is 2.41. The number of hydrogen-bond donors (Lipinski definition) is 2. The van der Waals surface area contributed by atoms with E-state index in [0.717, 1.165) is 11.3 Å². The Morgan fingerprint density at radius 1 is 1.46 bits per heavy atom. The first-order chi connectivity index (χ1) is 6.00. The number of thiazole rings is 1. The van der Waals surface area contributed by atoms with Crippen molar-refractivity contribution in [2.45, 2.75) is 13.8 Å². The fourth-order valence-electron chi connectivity index (χ4n) is 0.745. The van der Waals surface area contributed by atoms with Gasteiger partial charge in [-0.2, -0.15) is 4.98 Å². The minimum Gasteiger partial charge on any atom is -0.492 e. The van der Waals surface area contributed by atoms with Crippen molar-refractivity contribution in [3.8, 4) is 5.88 Å². The second-order valence-corrected chi connectivity index (χ2v) is 3.41. The van der Waals surface area contributed by atoms with E-state index in [4.69, 9.17) is 5.11 Å². The van der Waals surface area contributed by atoms with E-state index in [0.29, 0.717) is 0 Å². The zero-order valence-electron chi connectivity index (χ0n) is 7.12. The van der Waals surface area contributed by atoms with Crippen LogP contribution in [0.2, 0.25) is 0 Å². The summed E-state index contributed by atoms with van der Waals surface area (Å²) < 4.78 is 0. The fraction of sp³-hybridized carbons (Fsp3) is 0.286. The molecule has 0 unspecified atom stereocenters. The van der Waals surface area contributed by atoms with Crippen LogP contribution in [0.3, 0.4) is 0 Å². The number of anilines is 1. The molecule has 1 aromatic heterocycles. The Kier molecular flexibility index (Phi) is 2.62. The van der Waals surface area contributed by atoms with Crippen LogP contribution in [-0.2, 0) is 4.79 Å². The van der Waals surface area contributed by atoms with Crippen molar-refractivity contribution in [3.63, 3.8) is 0 Å². The van der Waals surface area contributed by atoms with Gasteiger partial charge in [0.2, 0.25) is 11.8 Å². The van der Waals surface area contributed by atoms with Gasteiger partial charge in [-0.1, -0.05) is 11.3 Å². The van der Waals surface area contributed by atoms with Crippen LogP contribution in [0.25, 0.3) is 0 Å². The summed E-state index contributed by atoms with van der Waals surface area (Å²) in [5.74, 6) is -0.892. The van der Waals surface area contributed by atoms with Crippen LogP contribution in [-0.4, -0.2) is 21.8 Å². The van der Waals surface area contributed by atoms with Gasteiger partial charge in [-0.05, 0) is 0 Å². The Morgan fingerprint density at radius 3 is 2.46 bits per heavy atom. The van der Waals surface area contributed by atoms with Gasteiger partial charge in [0.25, 0.3) is 0 Å². The van der Waals surface area contributed by atoms with Gasteiger partial charge in [0.1, 0.15) is 4.88 Å². The second kappa shape index (κ2) is 3.53. The van der Waals surface area contributed by atoms with Crippen molar-refractivity contribution in [1.29, 1.82) is 0 Å². The number of amides is 1. The molecule has 0 aromatic carbocycles. The standard InChI is InChI=1S/C7H8N2O3S/c1-3(10)5-6(12)9-7(13-5)8-4(2)11/h12H,1-2H3,(H,8,9,11). The van der Waals surface area contributed by atoms with E-state index in [1.807, 2.05) is 0 Å². The van der Waals surface area contributed by atoms with Gasteiger partial charge < -0.3 is 10.4 Å². The minimum absolute atomic E-state index is 0.156. The van der Waals surface area contributed by atoms with Gasteiger partial charge >= 0.3 is 0 Å². The highest BCUT2D eigenvalue weighted by Gasteiger charge is 2.14. The van der Waals surface area contributed by atoms with Gasteiger partial charge in [-0.3, -0.25) is 9.59 Å². The normalized spacial score (nSPS) is 9.69. The van der Waals surface area contributed by atoms with Crippen LogP contribution in [0, 0.1) is 0 Å². The molecule has 1 amide bonds. The third-order valence-corrected chi connectivity index (χ3v) is 2.27. The summed E-state index contributed by atoms with van der Waals surface area (Å²) in [6, 6.07) is 0. The molecule has 13 heavy (non-hydrogen) atoms. The highest BCUT2D eigenvalue weighted by atomic mass is 32.1. The van der Waals surface area contributed by atoms with Crippen LogP contribution in [0.1, 0.15) is 23.5 Å². The Hall–Kier alpha value is -1.43. The summed E-state index contributed by atoms with van der Waals surface area (Å²) in [5, 5.41) is 11.8. The molecule has 1 heterocycles. The zero-order chi connectivity index (χ0) is 10.0. The predicted octanol–water partition coefficient (Wildman–Crippen LogP) is 1.01. The number of aromatic hydroxyl groups is 1. The number of carbonyl (C=O) groups is 2. The van der Waals surface area contributed by atoms with Crippen molar-refractivity contribution in [1.82, 2.24) is 4.98 Å². The average Bonchev–Trinajstić information content (AvgIpc) is 2.29. The molecule has 0 radical (unpaired) electrons. The molecular formula is C7H8N2O3S. The van der Waals surface area contributed by atoms with E-state index < -0.39 is 0 Å². The highest BCUT2D eigenvalue weighted by Crippen LogP contribution is 2.27. The molecule has 6 heteroatoms. The van der Waals surface area contributed by atoms with Crippen molar-refractivity contribution in [3.05, 3.63) is 4.88 Å². The third kappa shape index (κ3) is 2.25. The Labute approximate surface area is 78.4 Å². The summed E-state index contributed by atoms with van der Waals surface area (Å²) in [6.07, 6.45) is 0. The summed E-state index contributed by atoms with van der Waals surface area (Å²) in [6.45, 7) is 2.65. The first kappa shape index (κ1) is 9.66. The molecule has 5 nitrogen and oxygen atoms in total. The largest absolute Gasteiger partial charge is 0.492 e. The quantitative estimate of drug-likeness (QED) is 0.698. The molecule has 0 aliphatic heterocycles. The summed E-state index contributed by atoms with van der Waals surface area (Å²) in [7, 11) is 0. The van der Waals surface area contributed by atoms with Crippen molar-refractivity contribution in [2.24, 2.45) is 0 Å². The molecule has 0 spiro atoms. The molecule has 0 fully saturated rings. The molecular weight excluding hydrogens is 192 g/mol. The monoisotopic (exact) mass is 200 g/mol. The molecule has 0 bridgehead atoms. The topological polar surface area (TPSA) is 79.3 Å². The molecule has 0 aliphatic carbocycles. The lowest BCUT2D eigenvalue weighted by Gasteiger charge is -1.91. The maximum Gasteiger partial charge on any atom is 0.235 e. The highest BCUT2D eigenvalue weighted by molar-refractivity contribution is 7.18. The smallest absolute Gasteiger partial charge is 0.235 e. The maximum atomic E-state index is 10.9. The van der Waals surface area contributed by atoms with E-state index in [9.17, 15) is 9.59 Å². The molecule has 0 atom stereocenters. The van der Waals surface area contributed by atoms with E-state index in [1.165, 1.54) is 13.8 Å². The summed E-state index contributed by atoms with van der Waals surface area (Å²) in [4.78, 5) is 25.2. The van der Waals surface area contributed by atoms with Gasteiger partial charge in [0, 0.05) is 13.8 Å². The van der Waals surface area contributed by atoms with E-state index >= 15 is 0 Å². The van der Waals surface area contributed by atoms with Crippen LogP contribution in [0.15, 0.2) is 0 Å². The molecule has 2 N–H and O–H groups in total. The molecule has 0 aliphatic rings. The van der Waals surface area contributed by atoms with Crippen LogP contribution < -0.4 is 5.32 Å². The van der Waals surface area contributed by atoms with Gasteiger partial charge in [0.05, 0.1) is 0 Å². The fourth-order valence-corrected chi connectivity index (χ4v) is 1.55. The first-order valence-electron chi connectivity index (χ1n) is 3.49. The molecule has 1 rings (SSSR count). The zero-order valence-corrected chi connectivity index (χ0v) is 7.94. The van der Waals surface area contributed by atoms with E-state index in [1.54, 1.807) is 0 Å². The Balaban J connectivity index is 2.95. The lowest BCUT2D eigenvalue weighted by molar-refractivity contribution is -0.114. The van der Waals surface area contributed by atoms with Gasteiger partial charge in [-0.15, -0.1) is 0 Å². The number of ketones is 1. The van der Waals surface area contributed by atoms with Crippen LogP contribution >= 0.6 is 11.3 Å². The first-order valence-corrected chi connectivity index (χ1v) is 4.30. The molecule has 0 saturated heterocycles. The average molecular weight is 200 g/mol. The Bertz CT molecular complexity index is 359. The number of carbonyl (C=O) groups excluding carboxylic acids is 2. The number of nitrogens with one attached hydrogen (secondary N) is 1. The summed E-state index contributed by atoms with van der Waals surface area (Å²) >= 11 is 0.953. The number of aromatic nitrogens is 1. The molecule has 0 saturated carbocycles. The Morgan fingerprint density at radius 2 is 2.08 bits per heavy atom. The number of nitrogens with zero attached hydrogens (tertiary/aromatic N) is 1. The number of rotatable bonds is 2. The number of Topliss-reactive ketones (excluding diaryl/α,β-unsaturated/α-hetero) is 1. The van der Waals surface area contributed by atoms with Crippen molar-refractivity contribution < 1.29 is 14.7 Å². The van der Waals surface area contributed by atoms with Gasteiger partial charge in [-0.25, -0.2) is 0 Å². The summed E-state index contributed by atoms with van der Waals surface area (Å²) in [5.41, 5.74) is 0.